The van der Waals surface area contributed by atoms with E-state index in [-0.39, 0.29) is 6.03 Å². The molecule has 0 aliphatic rings. The lowest BCUT2D eigenvalue weighted by atomic mass is 10.1. The van der Waals surface area contributed by atoms with E-state index in [2.05, 4.69) is 34.7 Å². The van der Waals surface area contributed by atoms with Crippen molar-refractivity contribution in [2.45, 2.75) is 19.9 Å². The van der Waals surface area contributed by atoms with Gasteiger partial charge in [0, 0.05) is 29.7 Å². The van der Waals surface area contributed by atoms with Crippen LogP contribution in [-0.2, 0) is 13.0 Å². The van der Waals surface area contributed by atoms with Crippen LogP contribution in [0, 0.1) is 6.92 Å². The number of aromatic nitrogens is 1. The second-order valence-corrected chi connectivity index (χ2v) is 5.62. The molecule has 2 aromatic carbocycles. The molecule has 0 aliphatic carbocycles. The van der Waals surface area contributed by atoms with E-state index in [4.69, 9.17) is 0 Å². The molecule has 2 amide bonds. The molecule has 3 aromatic rings. The monoisotopic (exact) mass is 307 g/mol. The molecule has 0 saturated heterocycles. The van der Waals surface area contributed by atoms with Gasteiger partial charge in [0.15, 0.2) is 0 Å². The summed E-state index contributed by atoms with van der Waals surface area (Å²) in [5, 5.41) is 7.03. The van der Waals surface area contributed by atoms with Crippen molar-refractivity contribution in [3.8, 4) is 0 Å². The summed E-state index contributed by atoms with van der Waals surface area (Å²) in [7, 11) is 0. The first kappa shape index (κ1) is 15.2. The number of carbonyl (C=O) groups is 1. The molecule has 0 spiro atoms. The van der Waals surface area contributed by atoms with Crippen molar-refractivity contribution in [2.75, 3.05) is 6.54 Å². The largest absolute Gasteiger partial charge is 0.358 e. The van der Waals surface area contributed by atoms with Gasteiger partial charge in [-0.15, -0.1) is 0 Å². The van der Waals surface area contributed by atoms with Crippen LogP contribution in [0.1, 0.15) is 16.8 Å². The number of fused-ring (bicyclic) bond motifs is 1. The number of aromatic amines is 1. The molecule has 0 saturated carbocycles. The Labute approximate surface area is 135 Å². The molecular formula is C19H21N3O. The summed E-state index contributed by atoms with van der Waals surface area (Å²) in [6, 6.07) is 18.0. The number of hydrogen-bond acceptors (Lipinski definition) is 1. The van der Waals surface area contributed by atoms with Gasteiger partial charge in [0.1, 0.15) is 0 Å². The first-order chi connectivity index (χ1) is 11.2. The predicted octanol–water partition coefficient (Wildman–Crippen LogP) is 3.52. The highest BCUT2D eigenvalue weighted by molar-refractivity contribution is 5.84. The normalized spacial score (nSPS) is 10.7. The topological polar surface area (TPSA) is 56.9 Å². The van der Waals surface area contributed by atoms with Gasteiger partial charge in [-0.1, -0.05) is 48.5 Å². The lowest BCUT2D eigenvalue weighted by Crippen LogP contribution is -2.36. The Morgan fingerprint density at radius 2 is 1.74 bits per heavy atom. The van der Waals surface area contributed by atoms with Crippen molar-refractivity contribution in [1.82, 2.24) is 15.6 Å². The zero-order valence-corrected chi connectivity index (χ0v) is 13.2. The van der Waals surface area contributed by atoms with Crippen LogP contribution in [0.2, 0.25) is 0 Å². The molecule has 4 nitrogen and oxygen atoms in total. The molecule has 118 valence electrons. The van der Waals surface area contributed by atoms with E-state index in [9.17, 15) is 4.79 Å². The van der Waals surface area contributed by atoms with E-state index in [0.29, 0.717) is 13.1 Å². The number of hydrogen-bond donors (Lipinski definition) is 3. The zero-order chi connectivity index (χ0) is 16.1. The van der Waals surface area contributed by atoms with Crippen LogP contribution < -0.4 is 10.6 Å². The Balaban J connectivity index is 1.50. The number of nitrogens with one attached hydrogen (secondary N) is 3. The third-order valence-corrected chi connectivity index (χ3v) is 3.98. The molecule has 0 bridgehead atoms. The maximum atomic E-state index is 11.9. The van der Waals surface area contributed by atoms with E-state index < -0.39 is 0 Å². The van der Waals surface area contributed by atoms with Crippen LogP contribution >= 0.6 is 0 Å². The molecule has 0 fully saturated rings. The fraction of sp³-hybridized carbons (Fsp3) is 0.211. The van der Waals surface area contributed by atoms with Crippen LogP contribution in [0.3, 0.4) is 0 Å². The van der Waals surface area contributed by atoms with Gasteiger partial charge < -0.3 is 15.6 Å². The summed E-state index contributed by atoms with van der Waals surface area (Å²) >= 11 is 0. The van der Waals surface area contributed by atoms with Crippen molar-refractivity contribution in [3.63, 3.8) is 0 Å². The summed E-state index contributed by atoms with van der Waals surface area (Å²) in [4.78, 5) is 15.2. The lowest BCUT2D eigenvalue weighted by Gasteiger charge is -2.08. The van der Waals surface area contributed by atoms with Crippen molar-refractivity contribution in [3.05, 3.63) is 71.4 Å². The maximum absolute atomic E-state index is 11.9. The summed E-state index contributed by atoms with van der Waals surface area (Å²) in [5.74, 6) is 0. The van der Waals surface area contributed by atoms with Crippen molar-refractivity contribution in [2.24, 2.45) is 0 Å². The molecule has 1 heterocycles. The van der Waals surface area contributed by atoms with Crippen molar-refractivity contribution < 1.29 is 4.79 Å². The Bertz CT molecular complexity index is 793. The van der Waals surface area contributed by atoms with Crippen molar-refractivity contribution >= 4 is 16.9 Å². The van der Waals surface area contributed by atoms with Crippen LogP contribution in [0.25, 0.3) is 10.9 Å². The highest BCUT2D eigenvalue weighted by Gasteiger charge is 2.08. The minimum absolute atomic E-state index is 0.133. The van der Waals surface area contributed by atoms with Gasteiger partial charge in [-0.3, -0.25) is 0 Å². The van der Waals surface area contributed by atoms with Crippen molar-refractivity contribution in [1.29, 1.82) is 0 Å². The quantitative estimate of drug-likeness (QED) is 0.663. The SMILES string of the molecule is Cc1[nH]c2ccccc2c1CCNC(=O)NCc1ccccc1. The van der Waals surface area contributed by atoms with Crippen LogP contribution in [-0.4, -0.2) is 17.6 Å². The molecule has 0 unspecified atom stereocenters. The van der Waals surface area contributed by atoms with E-state index in [1.54, 1.807) is 0 Å². The molecule has 0 aliphatic heterocycles. The number of benzene rings is 2. The molecule has 3 rings (SSSR count). The van der Waals surface area contributed by atoms with E-state index in [1.807, 2.05) is 42.5 Å². The summed E-state index contributed by atoms with van der Waals surface area (Å²) in [5.41, 5.74) is 4.67. The number of amides is 2. The second-order valence-electron chi connectivity index (χ2n) is 5.62. The Morgan fingerprint density at radius 1 is 1.00 bits per heavy atom. The number of urea groups is 1. The minimum atomic E-state index is -0.133. The first-order valence-electron chi connectivity index (χ1n) is 7.86. The summed E-state index contributed by atoms with van der Waals surface area (Å²) in [6.07, 6.45) is 0.814. The van der Waals surface area contributed by atoms with E-state index >= 15 is 0 Å². The standard InChI is InChI=1S/C19H21N3O/c1-14-16(17-9-5-6-10-18(17)22-14)11-12-20-19(23)21-13-15-7-3-2-4-8-15/h2-10,22H,11-13H2,1H3,(H2,20,21,23). The molecular weight excluding hydrogens is 286 g/mol. The fourth-order valence-corrected chi connectivity index (χ4v) is 2.80. The Kier molecular flexibility index (Phi) is 4.62. The number of aryl methyl sites for hydroxylation is 1. The third kappa shape index (κ3) is 3.72. The van der Waals surface area contributed by atoms with E-state index in [0.717, 1.165) is 23.2 Å². The molecule has 3 N–H and O–H groups in total. The van der Waals surface area contributed by atoms with Crippen LogP contribution in [0.15, 0.2) is 54.6 Å². The number of carbonyl (C=O) groups excluding carboxylic acids is 1. The molecule has 4 heteroatoms. The minimum Gasteiger partial charge on any atom is -0.358 e. The molecule has 0 radical (unpaired) electrons. The predicted molar refractivity (Wildman–Crippen MR) is 93.4 cm³/mol. The highest BCUT2D eigenvalue weighted by Crippen LogP contribution is 2.21. The van der Waals surface area contributed by atoms with Gasteiger partial charge in [0.2, 0.25) is 0 Å². The molecule has 0 atom stereocenters. The van der Waals surface area contributed by atoms with Gasteiger partial charge in [-0.25, -0.2) is 4.79 Å². The third-order valence-electron chi connectivity index (χ3n) is 3.98. The average Bonchev–Trinajstić information content (AvgIpc) is 2.90. The lowest BCUT2D eigenvalue weighted by molar-refractivity contribution is 0.240. The van der Waals surface area contributed by atoms with Gasteiger partial charge in [0.25, 0.3) is 0 Å². The Morgan fingerprint density at radius 3 is 2.57 bits per heavy atom. The summed E-state index contributed by atoms with van der Waals surface area (Å²) < 4.78 is 0. The highest BCUT2D eigenvalue weighted by atomic mass is 16.2. The van der Waals surface area contributed by atoms with Crippen LogP contribution in [0.5, 0.6) is 0 Å². The van der Waals surface area contributed by atoms with Gasteiger partial charge in [0.05, 0.1) is 0 Å². The maximum Gasteiger partial charge on any atom is 0.315 e. The Hall–Kier alpha value is -2.75. The zero-order valence-electron chi connectivity index (χ0n) is 13.2. The second kappa shape index (κ2) is 7.01. The number of para-hydroxylation sites is 1. The first-order valence-corrected chi connectivity index (χ1v) is 7.86. The number of rotatable bonds is 5. The molecule has 23 heavy (non-hydrogen) atoms. The molecule has 1 aromatic heterocycles. The smallest absolute Gasteiger partial charge is 0.315 e. The number of H-pyrrole nitrogens is 1. The van der Waals surface area contributed by atoms with Gasteiger partial charge in [-0.05, 0) is 30.5 Å². The summed E-state index contributed by atoms with van der Waals surface area (Å²) in [6.45, 7) is 3.23. The van der Waals surface area contributed by atoms with Crippen LogP contribution in [0.4, 0.5) is 4.79 Å². The fourth-order valence-electron chi connectivity index (χ4n) is 2.80. The van der Waals surface area contributed by atoms with Gasteiger partial charge in [-0.2, -0.15) is 0 Å². The van der Waals surface area contributed by atoms with Gasteiger partial charge >= 0.3 is 6.03 Å². The van der Waals surface area contributed by atoms with E-state index in [1.165, 1.54) is 10.9 Å². The average molecular weight is 307 g/mol.